The highest BCUT2D eigenvalue weighted by Crippen LogP contribution is 2.51. The molecule has 0 radical (unpaired) electrons. The molecule has 1 fully saturated rings. The van der Waals surface area contributed by atoms with E-state index in [1.54, 1.807) is 17.0 Å². The van der Waals surface area contributed by atoms with Crippen LogP contribution in [-0.4, -0.2) is 40.1 Å². The van der Waals surface area contributed by atoms with E-state index in [0.717, 1.165) is 36.1 Å². The number of carboxylic acids is 1. The monoisotopic (exact) mass is 561 g/mol. The summed E-state index contributed by atoms with van der Waals surface area (Å²) in [6.07, 6.45) is 3.01. The van der Waals surface area contributed by atoms with Crippen LogP contribution in [0.15, 0.2) is 72.8 Å². The van der Waals surface area contributed by atoms with Gasteiger partial charge in [-0.2, -0.15) is 0 Å². The number of halogens is 1. The van der Waals surface area contributed by atoms with Crippen LogP contribution in [0.5, 0.6) is 5.75 Å². The maximum absolute atomic E-state index is 13.8. The summed E-state index contributed by atoms with van der Waals surface area (Å²) in [5.41, 5.74) is 3.15. The third-order valence-electron chi connectivity index (χ3n) is 8.11. The van der Waals surface area contributed by atoms with Crippen LogP contribution >= 0.6 is 11.6 Å². The SMILES string of the molecule is C[C@@H]1CC[C@@H]2[C@@H](O1)c1cc(C(=O)N(CCCC(=O)O)Cc3ccc(Cl)cc3)ccc1O[C@@]2(C)Cc1ccccc1. The van der Waals surface area contributed by atoms with Crippen LogP contribution in [0.25, 0.3) is 0 Å². The van der Waals surface area contributed by atoms with Gasteiger partial charge in [0.1, 0.15) is 11.4 Å². The van der Waals surface area contributed by atoms with Gasteiger partial charge in [-0.25, -0.2) is 0 Å². The van der Waals surface area contributed by atoms with E-state index in [-0.39, 0.29) is 30.5 Å². The maximum atomic E-state index is 13.8. The number of ether oxygens (including phenoxy) is 2. The van der Waals surface area contributed by atoms with Crippen LogP contribution in [0.1, 0.15) is 72.7 Å². The summed E-state index contributed by atoms with van der Waals surface area (Å²) in [7, 11) is 0. The number of carbonyl (C=O) groups excluding carboxylic acids is 1. The topological polar surface area (TPSA) is 76.1 Å². The molecule has 0 spiro atoms. The molecule has 2 aliphatic heterocycles. The van der Waals surface area contributed by atoms with Crippen LogP contribution in [0.2, 0.25) is 5.02 Å². The Labute approximate surface area is 240 Å². The van der Waals surface area contributed by atoms with Gasteiger partial charge in [-0.15, -0.1) is 0 Å². The third kappa shape index (κ3) is 6.34. The smallest absolute Gasteiger partial charge is 0.303 e. The summed E-state index contributed by atoms with van der Waals surface area (Å²) in [5, 5.41) is 9.78. The number of carboxylic acid groups (broad SMARTS) is 1. The van der Waals surface area contributed by atoms with Gasteiger partial charge >= 0.3 is 5.97 Å². The van der Waals surface area contributed by atoms with E-state index in [1.165, 1.54) is 5.56 Å². The number of hydrogen-bond acceptors (Lipinski definition) is 4. The van der Waals surface area contributed by atoms with Crippen molar-refractivity contribution in [1.82, 2.24) is 4.90 Å². The van der Waals surface area contributed by atoms with Crippen LogP contribution in [-0.2, 0) is 22.5 Å². The highest BCUT2D eigenvalue weighted by molar-refractivity contribution is 6.30. The van der Waals surface area contributed by atoms with Crippen LogP contribution in [0.4, 0.5) is 0 Å². The summed E-state index contributed by atoms with van der Waals surface area (Å²) in [4.78, 5) is 26.7. The van der Waals surface area contributed by atoms with Crippen molar-refractivity contribution >= 4 is 23.5 Å². The largest absolute Gasteiger partial charge is 0.486 e. The minimum Gasteiger partial charge on any atom is -0.486 e. The molecule has 2 aliphatic rings. The minimum absolute atomic E-state index is 0.00208. The second kappa shape index (κ2) is 12.0. The molecular weight excluding hydrogens is 526 g/mol. The average molecular weight is 562 g/mol. The Balaban J connectivity index is 1.44. The molecule has 6 nitrogen and oxygen atoms in total. The Bertz CT molecular complexity index is 1340. The number of fused-ring (bicyclic) bond motifs is 3. The zero-order valence-corrected chi connectivity index (χ0v) is 23.8. The van der Waals surface area contributed by atoms with E-state index in [4.69, 9.17) is 26.2 Å². The van der Waals surface area contributed by atoms with Crippen molar-refractivity contribution in [3.8, 4) is 5.75 Å². The normalized spacial score (nSPS) is 23.4. The zero-order valence-electron chi connectivity index (χ0n) is 23.0. The summed E-state index contributed by atoms with van der Waals surface area (Å²) in [5.74, 6) is -0.137. The minimum atomic E-state index is -0.877. The Morgan fingerprint density at radius 1 is 1.02 bits per heavy atom. The number of aliphatic carboxylic acids is 1. The summed E-state index contributed by atoms with van der Waals surface area (Å²) in [6, 6.07) is 23.4. The molecule has 0 aromatic heterocycles. The van der Waals surface area contributed by atoms with Gasteiger partial charge in [0.15, 0.2) is 0 Å². The molecule has 210 valence electrons. The van der Waals surface area contributed by atoms with Gasteiger partial charge in [0, 0.05) is 48.0 Å². The fraction of sp³-hybridized carbons (Fsp3) is 0.394. The molecule has 1 saturated heterocycles. The zero-order chi connectivity index (χ0) is 28.3. The lowest BCUT2D eigenvalue weighted by molar-refractivity contribution is -0.149. The van der Waals surface area contributed by atoms with Gasteiger partial charge in [0.2, 0.25) is 0 Å². The molecule has 1 amide bonds. The van der Waals surface area contributed by atoms with Crippen molar-refractivity contribution in [1.29, 1.82) is 0 Å². The van der Waals surface area contributed by atoms with Crippen molar-refractivity contribution in [2.75, 3.05) is 6.54 Å². The first-order valence-corrected chi connectivity index (χ1v) is 14.4. The molecule has 3 aromatic carbocycles. The number of nitrogens with zero attached hydrogens (tertiary/aromatic N) is 1. The van der Waals surface area contributed by atoms with E-state index in [2.05, 4.69) is 38.1 Å². The van der Waals surface area contributed by atoms with E-state index < -0.39 is 11.6 Å². The van der Waals surface area contributed by atoms with Crippen LogP contribution in [0.3, 0.4) is 0 Å². The van der Waals surface area contributed by atoms with Crippen molar-refractivity contribution in [3.05, 3.63) is 100 Å². The number of benzene rings is 3. The van der Waals surface area contributed by atoms with E-state index in [1.807, 2.05) is 36.4 Å². The molecule has 0 aliphatic carbocycles. The molecule has 1 N–H and O–H groups in total. The summed E-state index contributed by atoms with van der Waals surface area (Å²) in [6.45, 7) is 4.97. The van der Waals surface area contributed by atoms with Gasteiger partial charge in [0.25, 0.3) is 5.91 Å². The van der Waals surface area contributed by atoms with Crippen molar-refractivity contribution < 1.29 is 24.2 Å². The molecular formula is C33H36ClNO5. The lowest BCUT2D eigenvalue weighted by atomic mass is 9.72. The summed E-state index contributed by atoms with van der Waals surface area (Å²) >= 11 is 6.05. The first kappa shape index (κ1) is 28.2. The molecule has 40 heavy (non-hydrogen) atoms. The van der Waals surface area contributed by atoms with Crippen molar-refractivity contribution in [2.24, 2.45) is 5.92 Å². The van der Waals surface area contributed by atoms with Crippen molar-refractivity contribution in [3.63, 3.8) is 0 Å². The van der Waals surface area contributed by atoms with Gasteiger partial charge in [-0.1, -0.05) is 54.1 Å². The molecule has 0 bridgehead atoms. The molecule has 7 heteroatoms. The molecule has 3 aromatic rings. The Kier molecular flexibility index (Phi) is 8.48. The maximum Gasteiger partial charge on any atom is 0.303 e. The predicted molar refractivity (Wildman–Crippen MR) is 155 cm³/mol. The van der Waals surface area contributed by atoms with Gasteiger partial charge < -0.3 is 19.5 Å². The number of carbonyl (C=O) groups is 2. The molecule has 4 atom stereocenters. The molecule has 0 unspecified atom stereocenters. The average Bonchev–Trinajstić information content (AvgIpc) is 2.93. The van der Waals surface area contributed by atoms with Gasteiger partial charge in [0.05, 0.1) is 12.2 Å². The Hall–Kier alpha value is -3.35. The van der Waals surface area contributed by atoms with Gasteiger partial charge in [-0.05, 0) is 74.6 Å². The Morgan fingerprint density at radius 2 is 1.77 bits per heavy atom. The van der Waals surface area contributed by atoms with Crippen LogP contribution < -0.4 is 4.74 Å². The Morgan fingerprint density at radius 3 is 2.50 bits per heavy atom. The first-order chi connectivity index (χ1) is 19.2. The van der Waals surface area contributed by atoms with Crippen LogP contribution in [0, 0.1) is 5.92 Å². The second-order valence-corrected chi connectivity index (χ2v) is 11.7. The predicted octanol–water partition coefficient (Wildman–Crippen LogP) is 7.10. The highest BCUT2D eigenvalue weighted by Gasteiger charge is 2.49. The lowest BCUT2D eigenvalue weighted by Gasteiger charge is -2.50. The highest BCUT2D eigenvalue weighted by atomic mass is 35.5. The van der Waals surface area contributed by atoms with Crippen molar-refractivity contribution in [2.45, 2.75) is 70.3 Å². The van der Waals surface area contributed by atoms with Gasteiger partial charge in [-0.3, -0.25) is 9.59 Å². The lowest BCUT2D eigenvalue weighted by Crippen LogP contribution is -2.51. The molecule has 2 heterocycles. The fourth-order valence-corrected chi connectivity index (χ4v) is 6.18. The quantitative estimate of drug-likeness (QED) is 0.301. The standard InChI is InChI=1S/C33H36ClNO5/c1-22-10-16-28-31(39-22)27-19-25(13-17-29(27)40-33(28,2)20-23-7-4-3-5-8-23)32(38)35(18-6-9-30(36)37)21-24-11-14-26(34)15-12-24/h3-5,7-8,11-15,17,19,22,28,31H,6,9-10,16,18,20-21H2,1-2H3,(H,36,37)/t22-,28-,31+,33+/m1/s1. The number of amides is 1. The number of rotatable bonds is 9. The van der Waals surface area contributed by atoms with E-state index >= 15 is 0 Å². The van der Waals surface area contributed by atoms with E-state index in [9.17, 15) is 9.59 Å². The molecule has 5 rings (SSSR count). The van der Waals surface area contributed by atoms with E-state index in [0.29, 0.717) is 30.1 Å². The number of hydrogen-bond donors (Lipinski definition) is 1. The molecule has 0 saturated carbocycles. The first-order valence-electron chi connectivity index (χ1n) is 14.0. The second-order valence-electron chi connectivity index (χ2n) is 11.2. The third-order valence-corrected chi connectivity index (χ3v) is 8.36. The summed E-state index contributed by atoms with van der Waals surface area (Å²) < 4.78 is 13.3. The fourth-order valence-electron chi connectivity index (χ4n) is 6.05.